The topological polar surface area (TPSA) is 46.2 Å². The molecular formula is C18H21NO2S. The fourth-order valence-electron chi connectivity index (χ4n) is 3.19. The van der Waals surface area contributed by atoms with Crippen LogP contribution in [0.3, 0.4) is 0 Å². The molecule has 1 aliphatic rings. The molecule has 0 aromatic heterocycles. The summed E-state index contributed by atoms with van der Waals surface area (Å²) in [7, 11) is -3.45. The first-order valence-corrected chi connectivity index (χ1v) is 9.18. The van der Waals surface area contributed by atoms with Crippen LogP contribution in [0.1, 0.15) is 36.3 Å². The lowest BCUT2D eigenvalue weighted by Crippen LogP contribution is -2.36. The van der Waals surface area contributed by atoms with Gasteiger partial charge in [-0.05, 0) is 37.5 Å². The van der Waals surface area contributed by atoms with Crippen LogP contribution in [0, 0.1) is 6.92 Å². The number of hydrogen-bond donors (Lipinski definition) is 1. The predicted octanol–water partition coefficient (Wildman–Crippen LogP) is 3.61. The molecule has 1 aliphatic carbocycles. The fraction of sp³-hybridized carbons (Fsp3) is 0.333. The van der Waals surface area contributed by atoms with Crippen LogP contribution in [0.5, 0.6) is 0 Å². The van der Waals surface area contributed by atoms with Crippen molar-refractivity contribution in [2.45, 2.75) is 43.0 Å². The van der Waals surface area contributed by atoms with Crippen molar-refractivity contribution in [2.24, 2.45) is 0 Å². The van der Waals surface area contributed by atoms with Crippen molar-refractivity contribution in [3.8, 4) is 0 Å². The molecule has 0 spiro atoms. The molecule has 1 N–H and O–H groups in total. The fourth-order valence-corrected chi connectivity index (χ4v) is 4.50. The molecule has 2 aromatic rings. The molecule has 0 radical (unpaired) electrons. The molecule has 22 heavy (non-hydrogen) atoms. The number of benzene rings is 2. The predicted molar refractivity (Wildman–Crippen MR) is 88.3 cm³/mol. The number of rotatable bonds is 4. The summed E-state index contributed by atoms with van der Waals surface area (Å²) in [5.41, 5.74) is 2.28. The van der Waals surface area contributed by atoms with Crippen LogP contribution < -0.4 is 4.72 Å². The molecule has 3 rings (SSSR count). The van der Waals surface area contributed by atoms with E-state index in [4.69, 9.17) is 0 Å². The monoisotopic (exact) mass is 315 g/mol. The van der Waals surface area contributed by atoms with Crippen LogP contribution >= 0.6 is 0 Å². The van der Waals surface area contributed by atoms with Gasteiger partial charge in [0.05, 0.1) is 4.90 Å². The lowest BCUT2D eigenvalue weighted by molar-refractivity contribution is 0.525. The van der Waals surface area contributed by atoms with E-state index < -0.39 is 10.0 Å². The summed E-state index contributed by atoms with van der Waals surface area (Å²) in [6, 6.07) is 17.2. The Balaban J connectivity index is 1.81. The van der Waals surface area contributed by atoms with Crippen molar-refractivity contribution >= 4 is 10.0 Å². The highest BCUT2D eigenvalue weighted by atomic mass is 32.2. The third-order valence-electron chi connectivity index (χ3n) is 4.38. The molecule has 1 saturated carbocycles. The summed E-state index contributed by atoms with van der Waals surface area (Å²) in [6.45, 7) is 1.95. The maximum atomic E-state index is 12.6. The van der Waals surface area contributed by atoms with Crippen LogP contribution in [-0.4, -0.2) is 14.5 Å². The number of aryl methyl sites for hydroxylation is 1. The van der Waals surface area contributed by atoms with E-state index in [1.165, 1.54) is 5.56 Å². The third kappa shape index (κ3) is 3.23. The molecule has 0 aliphatic heterocycles. The molecule has 2 atom stereocenters. The maximum absolute atomic E-state index is 12.6. The molecule has 0 amide bonds. The van der Waals surface area contributed by atoms with Crippen LogP contribution in [0.25, 0.3) is 0 Å². The highest BCUT2D eigenvalue weighted by Crippen LogP contribution is 2.35. The van der Waals surface area contributed by atoms with E-state index in [1.807, 2.05) is 37.3 Å². The molecule has 0 saturated heterocycles. The summed E-state index contributed by atoms with van der Waals surface area (Å²) < 4.78 is 28.0. The van der Waals surface area contributed by atoms with Crippen LogP contribution in [0.2, 0.25) is 0 Å². The molecule has 0 heterocycles. The Morgan fingerprint density at radius 2 is 1.64 bits per heavy atom. The smallest absolute Gasteiger partial charge is 0.207 e. The van der Waals surface area contributed by atoms with Gasteiger partial charge in [-0.15, -0.1) is 0 Å². The Morgan fingerprint density at radius 1 is 0.955 bits per heavy atom. The van der Waals surface area contributed by atoms with Crippen molar-refractivity contribution in [3.63, 3.8) is 0 Å². The van der Waals surface area contributed by atoms with Crippen molar-refractivity contribution in [1.82, 2.24) is 4.72 Å². The van der Waals surface area contributed by atoms with Gasteiger partial charge >= 0.3 is 0 Å². The highest BCUT2D eigenvalue weighted by Gasteiger charge is 2.32. The lowest BCUT2D eigenvalue weighted by atomic mass is 9.95. The Labute approximate surface area is 132 Å². The molecule has 0 bridgehead atoms. The van der Waals surface area contributed by atoms with Crippen LogP contribution in [0.15, 0.2) is 59.5 Å². The average Bonchev–Trinajstić information content (AvgIpc) is 2.96. The molecule has 4 heteroatoms. The van der Waals surface area contributed by atoms with E-state index in [9.17, 15) is 8.42 Å². The first-order chi connectivity index (χ1) is 10.6. The minimum absolute atomic E-state index is 0.0197. The largest absolute Gasteiger partial charge is 0.240 e. The summed E-state index contributed by atoms with van der Waals surface area (Å²) in [6.07, 6.45) is 2.98. The van der Waals surface area contributed by atoms with E-state index in [1.54, 1.807) is 12.1 Å². The second-order valence-electron chi connectivity index (χ2n) is 5.99. The van der Waals surface area contributed by atoms with Gasteiger partial charge < -0.3 is 0 Å². The van der Waals surface area contributed by atoms with E-state index in [0.29, 0.717) is 4.90 Å². The Morgan fingerprint density at radius 3 is 2.32 bits per heavy atom. The van der Waals surface area contributed by atoms with E-state index in [0.717, 1.165) is 24.8 Å². The van der Waals surface area contributed by atoms with Gasteiger partial charge in [0, 0.05) is 12.0 Å². The maximum Gasteiger partial charge on any atom is 0.240 e. The standard InChI is InChI=1S/C18H21NO2S/c1-14-10-12-16(13-11-14)22(20,21)19-18-9-5-8-17(18)15-6-3-2-4-7-15/h2-4,6-7,10-13,17-19H,5,8-9H2,1H3/t17-,18+/m0/s1. The first-order valence-electron chi connectivity index (χ1n) is 7.70. The zero-order valence-corrected chi connectivity index (χ0v) is 13.5. The van der Waals surface area contributed by atoms with E-state index in [2.05, 4.69) is 16.9 Å². The first kappa shape index (κ1) is 15.3. The van der Waals surface area contributed by atoms with Gasteiger partial charge in [-0.25, -0.2) is 13.1 Å². The van der Waals surface area contributed by atoms with Gasteiger partial charge in [0.15, 0.2) is 0 Å². The summed E-state index contributed by atoms with van der Waals surface area (Å²) in [5.74, 6) is 0.265. The van der Waals surface area contributed by atoms with Gasteiger partial charge in [-0.2, -0.15) is 0 Å². The highest BCUT2D eigenvalue weighted by molar-refractivity contribution is 7.89. The Bertz CT molecular complexity index is 723. The van der Waals surface area contributed by atoms with Crippen molar-refractivity contribution in [1.29, 1.82) is 0 Å². The SMILES string of the molecule is Cc1ccc(S(=O)(=O)N[C@@H]2CCC[C@H]2c2ccccc2)cc1. The number of hydrogen-bond acceptors (Lipinski definition) is 2. The normalized spacial score (nSPS) is 21.9. The molecule has 2 aromatic carbocycles. The average molecular weight is 315 g/mol. The molecule has 1 fully saturated rings. The van der Waals surface area contributed by atoms with Gasteiger partial charge in [-0.3, -0.25) is 0 Å². The van der Waals surface area contributed by atoms with E-state index >= 15 is 0 Å². The minimum atomic E-state index is -3.45. The zero-order valence-electron chi connectivity index (χ0n) is 12.7. The van der Waals surface area contributed by atoms with Gasteiger partial charge in [-0.1, -0.05) is 54.4 Å². The quantitative estimate of drug-likeness (QED) is 0.937. The molecule has 116 valence electrons. The minimum Gasteiger partial charge on any atom is -0.207 e. The number of sulfonamides is 1. The van der Waals surface area contributed by atoms with Gasteiger partial charge in [0.25, 0.3) is 0 Å². The Kier molecular flexibility index (Phi) is 4.32. The second kappa shape index (κ2) is 6.23. The van der Waals surface area contributed by atoms with Crippen LogP contribution in [0.4, 0.5) is 0 Å². The summed E-state index contributed by atoms with van der Waals surface area (Å²) >= 11 is 0. The Hall–Kier alpha value is -1.65. The second-order valence-corrected chi connectivity index (χ2v) is 7.70. The lowest BCUT2D eigenvalue weighted by Gasteiger charge is -2.21. The van der Waals surface area contributed by atoms with Gasteiger partial charge in [0.1, 0.15) is 0 Å². The van der Waals surface area contributed by atoms with Crippen molar-refractivity contribution < 1.29 is 8.42 Å². The van der Waals surface area contributed by atoms with Crippen LogP contribution in [-0.2, 0) is 10.0 Å². The number of nitrogens with one attached hydrogen (secondary N) is 1. The molecular weight excluding hydrogens is 294 g/mol. The van der Waals surface area contributed by atoms with Crippen molar-refractivity contribution in [3.05, 3.63) is 65.7 Å². The molecule has 3 nitrogen and oxygen atoms in total. The summed E-state index contributed by atoms with van der Waals surface area (Å²) in [5, 5.41) is 0. The van der Waals surface area contributed by atoms with Gasteiger partial charge in [0.2, 0.25) is 10.0 Å². The third-order valence-corrected chi connectivity index (χ3v) is 5.89. The zero-order chi connectivity index (χ0) is 15.6. The van der Waals surface area contributed by atoms with Crippen molar-refractivity contribution in [2.75, 3.05) is 0 Å². The summed E-state index contributed by atoms with van der Waals surface area (Å²) in [4.78, 5) is 0.344. The molecule has 0 unspecified atom stereocenters. The van der Waals surface area contributed by atoms with E-state index in [-0.39, 0.29) is 12.0 Å².